The maximum atomic E-state index is 12.7. The third kappa shape index (κ3) is 4.20. The number of fused-ring (bicyclic) bond motifs is 1. The molecule has 9 heteroatoms. The largest absolute Gasteiger partial charge is 0.370 e. The van der Waals surface area contributed by atoms with Crippen molar-refractivity contribution in [3.8, 4) is 0 Å². The minimum Gasteiger partial charge on any atom is -0.370 e. The standard InChI is InChI=1S/C18H18N4O3S2/c1-9-5-3-4-6-11(9)20-16(25)14-10(2)13-15(24)21-18(22-17(13)27-14)26-8-7-12(19)23/h3-6H,7-8H2,1-2H3,(H2,19,23)(H,20,25)(H,21,22,24). The zero-order chi connectivity index (χ0) is 19.6. The zero-order valence-electron chi connectivity index (χ0n) is 14.8. The van der Waals surface area contributed by atoms with Crippen molar-refractivity contribution in [3.05, 3.63) is 50.6 Å². The number of rotatable bonds is 6. The van der Waals surface area contributed by atoms with Crippen molar-refractivity contribution in [1.29, 1.82) is 0 Å². The SMILES string of the molecule is Cc1ccccc1NC(=O)c1sc2nc(SCCC(N)=O)[nH]c(=O)c2c1C. The summed E-state index contributed by atoms with van der Waals surface area (Å²) in [7, 11) is 0. The molecule has 0 atom stereocenters. The van der Waals surface area contributed by atoms with Gasteiger partial charge in [-0.1, -0.05) is 30.0 Å². The first-order valence-corrected chi connectivity index (χ1v) is 9.98. The van der Waals surface area contributed by atoms with E-state index < -0.39 is 5.91 Å². The monoisotopic (exact) mass is 402 g/mol. The van der Waals surface area contributed by atoms with Crippen LogP contribution in [0.15, 0.2) is 34.2 Å². The Kier molecular flexibility index (Phi) is 5.62. The highest BCUT2D eigenvalue weighted by Crippen LogP contribution is 2.29. The molecule has 2 heterocycles. The van der Waals surface area contributed by atoms with Crippen LogP contribution < -0.4 is 16.6 Å². The summed E-state index contributed by atoms with van der Waals surface area (Å²) in [6, 6.07) is 7.49. The molecule has 0 unspecified atom stereocenters. The Hall–Kier alpha value is -2.65. The van der Waals surface area contributed by atoms with E-state index >= 15 is 0 Å². The highest BCUT2D eigenvalue weighted by molar-refractivity contribution is 7.99. The minimum atomic E-state index is -0.409. The number of nitrogens with two attached hydrogens (primary N) is 1. The average molecular weight is 403 g/mol. The molecule has 0 bridgehead atoms. The van der Waals surface area contributed by atoms with Crippen LogP contribution in [0.5, 0.6) is 0 Å². The van der Waals surface area contributed by atoms with Crippen LogP contribution in [0.25, 0.3) is 10.2 Å². The summed E-state index contributed by atoms with van der Waals surface area (Å²) < 4.78 is 0. The topological polar surface area (TPSA) is 118 Å². The summed E-state index contributed by atoms with van der Waals surface area (Å²) in [5.74, 6) is -0.255. The van der Waals surface area contributed by atoms with Crippen LogP contribution in [0.1, 0.15) is 27.2 Å². The number of nitrogens with zero attached hydrogens (tertiary/aromatic N) is 1. The molecule has 0 aliphatic heterocycles. The fourth-order valence-corrected chi connectivity index (χ4v) is 4.50. The Morgan fingerprint density at radius 1 is 1.30 bits per heavy atom. The molecule has 4 N–H and O–H groups in total. The fourth-order valence-electron chi connectivity index (χ4n) is 2.55. The fraction of sp³-hybridized carbons (Fsp3) is 0.222. The van der Waals surface area contributed by atoms with Gasteiger partial charge in [-0.2, -0.15) is 0 Å². The van der Waals surface area contributed by atoms with E-state index in [0.29, 0.717) is 31.6 Å². The number of aryl methyl sites for hydroxylation is 2. The molecule has 3 aromatic rings. The molecule has 7 nitrogen and oxygen atoms in total. The number of H-pyrrole nitrogens is 1. The van der Waals surface area contributed by atoms with Gasteiger partial charge in [-0.3, -0.25) is 14.4 Å². The van der Waals surface area contributed by atoms with Gasteiger partial charge >= 0.3 is 0 Å². The maximum absolute atomic E-state index is 12.7. The molecule has 0 radical (unpaired) electrons. The van der Waals surface area contributed by atoms with Crippen molar-refractivity contribution >= 4 is 50.8 Å². The van der Waals surface area contributed by atoms with Crippen LogP contribution in [0.3, 0.4) is 0 Å². The van der Waals surface area contributed by atoms with E-state index in [4.69, 9.17) is 5.73 Å². The van der Waals surface area contributed by atoms with Gasteiger partial charge in [0.2, 0.25) is 5.91 Å². The first-order valence-electron chi connectivity index (χ1n) is 8.18. The number of carbonyl (C=O) groups excluding carboxylic acids is 2. The number of amides is 2. The molecule has 0 aliphatic carbocycles. The molecule has 140 valence electrons. The first kappa shape index (κ1) is 19.1. The lowest BCUT2D eigenvalue weighted by atomic mass is 10.2. The van der Waals surface area contributed by atoms with Gasteiger partial charge in [0, 0.05) is 17.9 Å². The smallest absolute Gasteiger partial charge is 0.266 e. The number of hydrogen-bond donors (Lipinski definition) is 3. The van der Waals surface area contributed by atoms with E-state index in [1.54, 1.807) is 6.92 Å². The van der Waals surface area contributed by atoms with Crippen molar-refractivity contribution in [2.75, 3.05) is 11.1 Å². The number of benzene rings is 1. The first-order chi connectivity index (χ1) is 12.9. The van der Waals surface area contributed by atoms with Gasteiger partial charge in [-0.05, 0) is 31.0 Å². The van der Waals surface area contributed by atoms with Gasteiger partial charge < -0.3 is 16.0 Å². The van der Waals surface area contributed by atoms with Crippen molar-refractivity contribution in [1.82, 2.24) is 9.97 Å². The molecule has 2 aromatic heterocycles. The second-order valence-corrected chi connectivity index (χ2v) is 8.02. The van der Waals surface area contributed by atoms with Crippen LogP contribution >= 0.6 is 23.1 Å². The molecule has 0 saturated carbocycles. The molecule has 0 aliphatic rings. The predicted octanol–water partition coefficient (Wildman–Crippen LogP) is 2.82. The van der Waals surface area contributed by atoms with Crippen molar-refractivity contribution < 1.29 is 9.59 Å². The highest BCUT2D eigenvalue weighted by Gasteiger charge is 2.20. The number of primary amides is 1. The van der Waals surface area contributed by atoms with E-state index in [1.165, 1.54) is 23.1 Å². The number of nitrogens with one attached hydrogen (secondary N) is 2. The van der Waals surface area contributed by atoms with E-state index in [1.807, 2.05) is 31.2 Å². The summed E-state index contributed by atoms with van der Waals surface area (Å²) in [6.07, 6.45) is 0.194. The predicted molar refractivity (Wildman–Crippen MR) is 109 cm³/mol. The van der Waals surface area contributed by atoms with E-state index in [9.17, 15) is 14.4 Å². The Morgan fingerprint density at radius 2 is 2.04 bits per heavy atom. The molecule has 3 rings (SSSR count). The van der Waals surface area contributed by atoms with E-state index in [2.05, 4.69) is 15.3 Å². The molecule has 0 saturated heterocycles. The average Bonchev–Trinajstić information content (AvgIpc) is 2.94. The third-order valence-corrected chi connectivity index (χ3v) is 6.03. The summed E-state index contributed by atoms with van der Waals surface area (Å²) >= 11 is 2.42. The molecule has 2 amide bonds. The number of thioether (sulfide) groups is 1. The second kappa shape index (κ2) is 7.93. The third-order valence-electron chi connectivity index (χ3n) is 3.97. The van der Waals surface area contributed by atoms with Gasteiger partial charge in [0.25, 0.3) is 11.5 Å². The number of thiophene rings is 1. The quantitative estimate of drug-likeness (QED) is 0.433. The van der Waals surface area contributed by atoms with Crippen LogP contribution in [0, 0.1) is 13.8 Å². The maximum Gasteiger partial charge on any atom is 0.266 e. The highest BCUT2D eigenvalue weighted by atomic mass is 32.2. The number of anilines is 1. The van der Waals surface area contributed by atoms with Crippen LogP contribution in [0.4, 0.5) is 5.69 Å². The van der Waals surface area contributed by atoms with E-state index in [-0.39, 0.29) is 17.9 Å². The summed E-state index contributed by atoms with van der Waals surface area (Å²) in [6.45, 7) is 3.65. The number of aromatic nitrogens is 2. The number of carbonyl (C=O) groups is 2. The number of hydrogen-bond acceptors (Lipinski definition) is 6. The Labute approximate surface area is 163 Å². The normalized spacial score (nSPS) is 10.9. The molecular formula is C18H18N4O3S2. The van der Waals surface area contributed by atoms with Gasteiger partial charge in [0.15, 0.2) is 5.16 Å². The number of para-hydroxylation sites is 1. The molecule has 0 spiro atoms. The van der Waals surface area contributed by atoms with Crippen LogP contribution in [-0.4, -0.2) is 27.5 Å². The molecule has 27 heavy (non-hydrogen) atoms. The van der Waals surface area contributed by atoms with Crippen LogP contribution in [-0.2, 0) is 4.79 Å². The molecule has 0 fully saturated rings. The minimum absolute atomic E-state index is 0.194. The van der Waals surface area contributed by atoms with Crippen molar-refractivity contribution in [2.24, 2.45) is 5.73 Å². The van der Waals surface area contributed by atoms with Crippen LogP contribution in [0.2, 0.25) is 0 Å². The summed E-state index contributed by atoms with van der Waals surface area (Å²) in [5.41, 5.74) is 7.10. The Morgan fingerprint density at radius 3 is 2.74 bits per heavy atom. The van der Waals surface area contributed by atoms with Gasteiger partial charge in [-0.25, -0.2) is 4.98 Å². The lowest BCUT2D eigenvalue weighted by Gasteiger charge is -2.07. The molecular weight excluding hydrogens is 384 g/mol. The lowest BCUT2D eigenvalue weighted by Crippen LogP contribution is -2.13. The van der Waals surface area contributed by atoms with Gasteiger partial charge in [0.1, 0.15) is 4.83 Å². The Bertz CT molecular complexity index is 1090. The Balaban J connectivity index is 1.90. The van der Waals surface area contributed by atoms with Gasteiger partial charge in [-0.15, -0.1) is 11.3 Å². The van der Waals surface area contributed by atoms with E-state index in [0.717, 1.165) is 11.3 Å². The number of aromatic amines is 1. The zero-order valence-corrected chi connectivity index (χ0v) is 16.4. The van der Waals surface area contributed by atoms with Gasteiger partial charge in [0.05, 0.1) is 10.3 Å². The second-order valence-electron chi connectivity index (χ2n) is 5.94. The summed E-state index contributed by atoms with van der Waals surface area (Å²) in [4.78, 5) is 44.0. The summed E-state index contributed by atoms with van der Waals surface area (Å²) in [5, 5.41) is 3.70. The molecule has 1 aromatic carbocycles. The lowest BCUT2D eigenvalue weighted by molar-refractivity contribution is -0.117. The van der Waals surface area contributed by atoms with Crippen molar-refractivity contribution in [3.63, 3.8) is 0 Å². The van der Waals surface area contributed by atoms with Crippen molar-refractivity contribution in [2.45, 2.75) is 25.4 Å².